The van der Waals surface area contributed by atoms with E-state index in [1.54, 1.807) is 25.1 Å². The van der Waals surface area contributed by atoms with E-state index in [1.165, 1.54) is 23.0 Å². The van der Waals surface area contributed by atoms with E-state index in [0.29, 0.717) is 11.4 Å². The highest BCUT2D eigenvalue weighted by Gasteiger charge is 2.12. The van der Waals surface area contributed by atoms with Crippen LogP contribution in [-0.4, -0.2) is 39.1 Å². The van der Waals surface area contributed by atoms with Crippen molar-refractivity contribution in [1.29, 1.82) is 0 Å². The minimum atomic E-state index is -0.997. The van der Waals surface area contributed by atoms with Gasteiger partial charge in [-0.25, -0.2) is 9.78 Å². The minimum Gasteiger partial charge on any atom is -0.480 e. The van der Waals surface area contributed by atoms with Gasteiger partial charge in [0.25, 0.3) is 5.91 Å². The number of esters is 1. The molecule has 1 heterocycles. The molecule has 0 unspecified atom stereocenters. The summed E-state index contributed by atoms with van der Waals surface area (Å²) in [4.78, 5) is 38.6. The van der Waals surface area contributed by atoms with Gasteiger partial charge in [-0.05, 0) is 25.1 Å². The van der Waals surface area contributed by atoms with E-state index >= 15 is 0 Å². The molecule has 0 fully saturated rings. The summed E-state index contributed by atoms with van der Waals surface area (Å²) in [5.41, 5.74) is 0.591. The lowest BCUT2D eigenvalue weighted by molar-refractivity contribution is -0.137. The number of ether oxygens (including phenoxy) is 1. The van der Waals surface area contributed by atoms with Crippen molar-refractivity contribution in [3.8, 4) is 0 Å². The fourth-order valence-corrected chi connectivity index (χ4v) is 2.06. The molecule has 0 aliphatic carbocycles. The van der Waals surface area contributed by atoms with Crippen LogP contribution in [0.15, 0.2) is 36.7 Å². The van der Waals surface area contributed by atoms with E-state index < -0.39 is 17.8 Å². The van der Waals surface area contributed by atoms with Crippen molar-refractivity contribution in [2.75, 3.05) is 6.61 Å². The number of aliphatic carboxylic acids is 1. The van der Waals surface area contributed by atoms with Gasteiger partial charge in [0.2, 0.25) is 0 Å². The first-order valence-electron chi connectivity index (χ1n) is 7.28. The van der Waals surface area contributed by atoms with E-state index in [2.05, 4.69) is 10.3 Å². The van der Waals surface area contributed by atoms with Gasteiger partial charge in [0.15, 0.2) is 0 Å². The van der Waals surface area contributed by atoms with Crippen molar-refractivity contribution in [2.45, 2.75) is 20.0 Å². The molecule has 1 aromatic carbocycles. The van der Waals surface area contributed by atoms with Crippen LogP contribution in [0.4, 0.5) is 0 Å². The zero-order chi connectivity index (χ0) is 17.5. The fraction of sp³-hybridized carbons (Fsp3) is 0.250. The zero-order valence-corrected chi connectivity index (χ0v) is 13.1. The number of hydrogen-bond acceptors (Lipinski definition) is 5. The predicted octanol–water partition coefficient (Wildman–Crippen LogP) is 1.07. The van der Waals surface area contributed by atoms with E-state index in [0.717, 1.165) is 0 Å². The van der Waals surface area contributed by atoms with Crippen molar-refractivity contribution < 1.29 is 24.2 Å². The molecule has 8 nitrogen and oxygen atoms in total. The maximum Gasteiger partial charge on any atom is 0.338 e. The molecule has 0 bridgehead atoms. The Morgan fingerprint density at radius 3 is 2.75 bits per heavy atom. The predicted molar refractivity (Wildman–Crippen MR) is 83.4 cm³/mol. The number of amides is 1. The zero-order valence-electron chi connectivity index (χ0n) is 13.1. The minimum absolute atomic E-state index is 0.0722. The molecular formula is C16H17N3O5. The lowest BCUT2D eigenvalue weighted by Crippen LogP contribution is -2.25. The first kappa shape index (κ1) is 17.2. The summed E-state index contributed by atoms with van der Waals surface area (Å²) in [5, 5.41) is 11.5. The maximum absolute atomic E-state index is 12.2. The number of carboxylic acid groups (broad SMARTS) is 1. The van der Waals surface area contributed by atoms with Crippen LogP contribution in [0.25, 0.3) is 0 Å². The van der Waals surface area contributed by atoms with E-state index in [-0.39, 0.29) is 25.3 Å². The second kappa shape index (κ2) is 7.91. The van der Waals surface area contributed by atoms with Gasteiger partial charge >= 0.3 is 11.9 Å². The first-order valence-corrected chi connectivity index (χ1v) is 7.28. The molecule has 0 aliphatic rings. The number of nitrogens with one attached hydrogen (secondary N) is 1. The molecule has 1 aromatic heterocycles. The van der Waals surface area contributed by atoms with Gasteiger partial charge in [-0.2, -0.15) is 0 Å². The second-order valence-corrected chi connectivity index (χ2v) is 4.85. The van der Waals surface area contributed by atoms with Crippen LogP contribution in [0.3, 0.4) is 0 Å². The van der Waals surface area contributed by atoms with E-state index in [4.69, 9.17) is 9.84 Å². The van der Waals surface area contributed by atoms with Gasteiger partial charge in [0.1, 0.15) is 12.4 Å². The molecule has 24 heavy (non-hydrogen) atoms. The third-order valence-electron chi connectivity index (χ3n) is 3.15. The second-order valence-electron chi connectivity index (χ2n) is 4.85. The highest BCUT2D eigenvalue weighted by molar-refractivity contribution is 5.97. The Bertz CT molecular complexity index is 754. The first-order chi connectivity index (χ1) is 11.5. The summed E-state index contributed by atoms with van der Waals surface area (Å²) >= 11 is 0. The molecule has 0 radical (unpaired) electrons. The van der Waals surface area contributed by atoms with Crippen LogP contribution in [-0.2, 0) is 22.6 Å². The third-order valence-corrected chi connectivity index (χ3v) is 3.15. The molecule has 1 amide bonds. The Labute approximate surface area is 138 Å². The molecule has 8 heteroatoms. The lowest BCUT2D eigenvalue weighted by Gasteiger charge is -2.08. The smallest absolute Gasteiger partial charge is 0.338 e. The Morgan fingerprint density at radius 1 is 1.29 bits per heavy atom. The van der Waals surface area contributed by atoms with Gasteiger partial charge in [-0.15, -0.1) is 0 Å². The summed E-state index contributed by atoms with van der Waals surface area (Å²) in [6.45, 7) is 1.79. The Balaban J connectivity index is 2.03. The van der Waals surface area contributed by atoms with E-state index in [9.17, 15) is 14.4 Å². The van der Waals surface area contributed by atoms with Crippen LogP contribution in [0, 0.1) is 0 Å². The quantitative estimate of drug-likeness (QED) is 0.734. The molecule has 2 aromatic rings. The Morgan fingerprint density at radius 2 is 2.04 bits per heavy atom. The topological polar surface area (TPSA) is 111 Å². The molecule has 0 aliphatic heterocycles. The van der Waals surface area contributed by atoms with Crippen molar-refractivity contribution in [3.05, 3.63) is 53.6 Å². The molecule has 0 spiro atoms. The SMILES string of the molecule is CCOC(=O)c1cccc(C(=O)NCc2nccn2CC(=O)O)c1. The van der Waals surface area contributed by atoms with Crippen molar-refractivity contribution >= 4 is 17.8 Å². The number of carboxylic acids is 1. The summed E-state index contributed by atoms with van der Waals surface area (Å²) in [6.07, 6.45) is 2.99. The lowest BCUT2D eigenvalue weighted by atomic mass is 10.1. The van der Waals surface area contributed by atoms with Crippen LogP contribution >= 0.6 is 0 Å². The molecule has 0 saturated heterocycles. The summed E-state index contributed by atoms with van der Waals surface area (Å²) < 4.78 is 6.32. The van der Waals surface area contributed by atoms with Crippen LogP contribution in [0.1, 0.15) is 33.5 Å². The summed E-state index contributed by atoms with van der Waals surface area (Å²) in [5.74, 6) is -1.47. The number of imidazole rings is 1. The average molecular weight is 331 g/mol. The molecule has 0 saturated carbocycles. The Hall–Kier alpha value is -3.16. The van der Waals surface area contributed by atoms with Crippen LogP contribution in [0.5, 0.6) is 0 Å². The van der Waals surface area contributed by atoms with Gasteiger partial charge < -0.3 is 19.7 Å². The normalized spacial score (nSPS) is 10.2. The standard InChI is InChI=1S/C16H17N3O5/c1-2-24-16(23)12-5-3-4-11(8-12)15(22)18-9-13-17-6-7-19(13)10-14(20)21/h3-8H,2,9-10H2,1H3,(H,18,22)(H,20,21). The van der Waals surface area contributed by atoms with Gasteiger partial charge in [-0.1, -0.05) is 6.07 Å². The van der Waals surface area contributed by atoms with Crippen molar-refractivity contribution in [2.24, 2.45) is 0 Å². The molecule has 126 valence electrons. The number of nitrogens with zero attached hydrogens (tertiary/aromatic N) is 2. The number of rotatable bonds is 7. The van der Waals surface area contributed by atoms with Crippen LogP contribution < -0.4 is 5.32 Å². The molecular weight excluding hydrogens is 314 g/mol. The number of aromatic nitrogens is 2. The highest BCUT2D eigenvalue weighted by atomic mass is 16.5. The van der Waals surface area contributed by atoms with Crippen LogP contribution in [0.2, 0.25) is 0 Å². The highest BCUT2D eigenvalue weighted by Crippen LogP contribution is 2.07. The van der Waals surface area contributed by atoms with E-state index in [1.807, 2.05) is 0 Å². The summed E-state index contributed by atoms with van der Waals surface area (Å²) in [6, 6.07) is 6.17. The van der Waals surface area contributed by atoms with Crippen molar-refractivity contribution in [1.82, 2.24) is 14.9 Å². The summed E-state index contributed by atoms with van der Waals surface area (Å²) in [7, 11) is 0. The number of benzene rings is 1. The molecule has 0 atom stereocenters. The van der Waals surface area contributed by atoms with Gasteiger partial charge in [0, 0.05) is 18.0 Å². The van der Waals surface area contributed by atoms with Gasteiger partial charge in [0.05, 0.1) is 18.7 Å². The molecule has 2 N–H and O–H groups in total. The van der Waals surface area contributed by atoms with Gasteiger partial charge in [-0.3, -0.25) is 9.59 Å². The monoisotopic (exact) mass is 331 g/mol. The third kappa shape index (κ3) is 4.42. The largest absolute Gasteiger partial charge is 0.480 e. The number of carbonyl (C=O) groups excluding carboxylic acids is 2. The average Bonchev–Trinajstić information content (AvgIpc) is 2.99. The maximum atomic E-state index is 12.2. The Kier molecular flexibility index (Phi) is 5.67. The number of carbonyl (C=O) groups is 3. The fourth-order valence-electron chi connectivity index (χ4n) is 2.06. The number of hydrogen-bond donors (Lipinski definition) is 2. The van der Waals surface area contributed by atoms with Crippen molar-refractivity contribution in [3.63, 3.8) is 0 Å². The molecule has 2 rings (SSSR count).